The highest BCUT2D eigenvalue weighted by Crippen LogP contribution is 2.38. The highest BCUT2D eigenvalue weighted by atomic mass is 35.5. The third kappa shape index (κ3) is 4.29. The van der Waals surface area contributed by atoms with Crippen LogP contribution < -0.4 is 14.5 Å². The number of pyridine rings is 1. The molecule has 3 heterocycles. The van der Waals surface area contributed by atoms with Crippen molar-refractivity contribution in [3.05, 3.63) is 81.8 Å². The molecule has 0 atom stereocenters. The molecule has 0 bridgehead atoms. The molecular formula is C24H21ClN6O3. The van der Waals surface area contributed by atoms with Crippen molar-refractivity contribution in [1.29, 1.82) is 0 Å². The van der Waals surface area contributed by atoms with Gasteiger partial charge in [-0.2, -0.15) is 4.98 Å². The zero-order valence-electron chi connectivity index (χ0n) is 18.4. The van der Waals surface area contributed by atoms with E-state index in [1.165, 1.54) is 6.33 Å². The topological polar surface area (TPSA) is 97.5 Å². The van der Waals surface area contributed by atoms with Gasteiger partial charge in [0.15, 0.2) is 5.75 Å². The summed E-state index contributed by atoms with van der Waals surface area (Å²) in [6.07, 6.45) is 1.30. The van der Waals surface area contributed by atoms with E-state index in [0.717, 1.165) is 16.8 Å². The Morgan fingerprint density at radius 2 is 1.76 bits per heavy atom. The minimum atomic E-state index is -0.488. The number of hydrogen-bond donors (Lipinski definition) is 0. The number of aromatic nitrogens is 3. The molecule has 0 radical (unpaired) electrons. The number of benzene rings is 2. The lowest BCUT2D eigenvalue weighted by molar-refractivity contribution is -0.385. The molecule has 0 unspecified atom stereocenters. The molecule has 0 spiro atoms. The van der Waals surface area contributed by atoms with E-state index >= 15 is 0 Å². The summed E-state index contributed by atoms with van der Waals surface area (Å²) < 4.78 is 5.97. The fourth-order valence-electron chi connectivity index (χ4n) is 4.07. The van der Waals surface area contributed by atoms with Crippen LogP contribution >= 0.6 is 11.6 Å². The van der Waals surface area contributed by atoms with Crippen molar-refractivity contribution in [3.8, 4) is 11.6 Å². The Morgan fingerprint density at radius 3 is 2.53 bits per heavy atom. The summed E-state index contributed by atoms with van der Waals surface area (Å²) >= 11 is 6.13. The van der Waals surface area contributed by atoms with Gasteiger partial charge in [0.05, 0.1) is 4.92 Å². The summed E-state index contributed by atoms with van der Waals surface area (Å²) in [6, 6.07) is 16.9. The van der Waals surface area contributed by atoms with Crippen LogP contribution in [0.5, 0.6) is 11.6 Å². The number of para-hydroxylation sites is 1. The van der Waals surface area contributed by atoms with E-state index in [4.69, 9.17) is 16.3 Å². The second-order valence-electron chi connectivity index (χ2n) is 7.94. The molecule has 1 fully saturated rings. The minimum Gasteiger partial charge on any atom is -0.431 e. The van der Waals surface area contributed by atoms with Crippen molar-refractivity contribution in [2.45, 2.75) is 6.92 Å². The van der Waals surface area contributed by atoms with Crippen LogP contribution in [0, 0.1) is 17.0 Å². The first-order chi connectivity index (χ1) is 16.5. The van der Waals surface area contributed by atoms with Crippen LogP contribution in [-0.4, -0.2) is 46.1 Å². The highest BCUT2D eigenvalue weighted by Gasteiger charge is 2.31. The van der Waals surface area contributed by atoms with Gasteiger partial charge in [0.25, 0.3) is 0 Å². The van der Waals surface area contributed by atoms with Gasteiger partial charge in [0.1, 0.15) is 11.8 Å². The normalized spacial score (nSPS) is 13.8. The number of ether oxygens (including phenoxy) is 1. The van der Waals surface area contributed by atoms with E-state index in [2.05, 4.69) is 19.9 Å². The molecule has 0 N–H and O–H groups in total. The van der Waals surface area contributed by atoms with Gasteiger partial charge in [-0.25, -0.2) is 9.97 Å². The summed E-state index contributed by atoms with van der Waals surface area (Å²) in [5.74, 6) is 0.535. The number of hydrogen-bond acceptors (Lipinski definition) is 8. The van der Waals surface area contributed by atoms with Gasteiger partial charge >= 0.3 is 11.6 Å². The molecule has 4 aromatic rings. The van der Waals surface area contributed by atoms with E-state index in [1.807, 2.05) is 60.4 Å². The SMILES string of the molecule is Cc1ccc2cccc(Oc3ncnc(N4CCN(c5cccc(Cl)c5)CC4)c3[N+](=O)[O-])c2n1. The molecule has 1 aliphatic heterocycles. The monoisotopic (exact) mass is 476 g/mol. The van der Waals surface area contributed by atoms with Gasteiger partial charge in [-0.1, -0.05) is 35.9 Å². The molecule has 34 heavy (non-hydrogen) atoms. The number of rotatable bonds is 5. The Bertz CT molecular complexity index is 1370. The molecule has 1 aliphatic rings. The van der Waals surface area contributed by atoms with Crippen LogP contribution in [0.15, 0.2) is 60.9 Å². The van der Waals surface area contributed by atoms with Crippen molar-refractivity contribution < 1.29 is 9.66 Å². The van der Waals surface area contributed by atoms with Gasteiger partial charge in [-0.05, 0) is 37.3 Å². The molecule has 5 rings (SSSR count). The van der Waals surface area contributed by atoms with Crippen LogP contribution in [0.2, 0.25) is 5.02 Å². The fourth-order valence-corrected chi connectivity index (χ4v) is 4.26. The summed E-state index contributed by atoms with van der Waals surface area (Å²) in [4.78, 5) is 28.6. The molecule has 10 heteroatoms. The Labute approximate surface area is 200 Å². The van der Waals surface area contributed by atoms with Gasteiger partial charge in [0.2, 0.25) is 5.82 Å². The molecule has 9 nitrogen and oxygen atoms in total. The lowest BCUT2D eigenvalue weighted by Gasteiger charge is -2.36. The van der Waals surface area contributed by atoms with Crippen molar-refractivity contribution in [1.82, 2.24) is 15.0 Å². The lowest BCUT2D eigenvalue weighted by atomic mass is 10.2. The molecule has 0 amide bonds. The van der Waals surface area contributed by atoms with Gasteiger partial charge in [0, 0.05) is 48.0 Å². The fraction of sp³-hybridized carbons (Fsp3) is 0.208. The highest BCUT2D eigenvalue weighted by molar-refractivity contribution is 6.30. The minimum absolute atomic E-state index is 0.108. The smallest absolute Gasteiger partial charge is 0.373 e. The van der Waals surface area contributed by atoms with E-state index in [-0.39, 0.29) is 17.4 Å². The van der Waals surface area contributed by atoms with E-state index in [9.17, 15) is 10.1 Å². The van der Waals surface area contributed by atoms with Crippen LogP contribution in [0.4, 0.5) is 17.2 Å². The molecule has 2 aromatic heterocycles. The second-order valence-corrected chi connectivity index (χ2v) is 8.38. The zero-order chi connectivity index (χ0) is 23.7. The first kappa shape index (κ1) is 21.8. The van der Waals surface area contributed by atoms with Crippen LogP contribution in [0.1, 0.15) is 5.69 Å². The van der Waals surface area contributed by atoms with E-state index in [0.29, 0.717) is 42.5 Å². The molecule has 2 aromatic carbocycles. The molecular weight excluding hydrogens is 456 g/mol. The Kier molecular flexibility index (Phi) is 5.85. The van der Waals surface area contributed by atoms with Crippen LogP contribution in [0.3, 0.4) is 0 Å². The second kappa shape index (κ2) is 9.11. The quantitative estimate of drug-likeness (QED) is 0.293. The summed E-state index contributed by atoms with van der Waals surface area (Å²) in [5.41, 5.74) is 2.20. The molecule has 0 saturated carbocycles. The van der Waals surface area contributed by atoms with Crippen LogP contribution in [0.25, 0.3) is 10.9 Å². The van der Waals surface area contributed by atoms with Crippen molar-refractivity contribution in [2.24, 2.45) is 0 Å². The summed E-state index contributed by atoms with van der Waals surface area (Å²) in [7, 11) is 0. The van der Waals surface area contributed by atoms with Gasteiger partial charge in [-0.3, -0.25) is 10.1 Å². The van der Waals surface area contributed by atoms with E-state index in [1.54, 1.807) is 6.07 Å². The van der Waals surface area contributed by atoms with E-state index < -0.39 is 4.92 Å². The number of nitro groups is 1. The Morgan fingerprint density at radius 1 is 1.00 bits per heavy atom. The average molecular weight is 477 g/mol. The van der Waals surface area contributed by atoms with Gasteiger partial charge in [-0.15, -0.1) is 0 Å². The van der Waals surface area contributed by atoms with Crippen molar-refractivity contribution in [2.75, 3.05) is 36.0 Å². The number of anilines is 2. The largest absolute Gasteiger partial charge is 0.431 e. The lowest BCUT2D eigenvalue weighted by Crippen LogP contribution is -2.47. The summed E-state index contributed by atoms with van der Waals surface area (Å²) in [6.45, 7) is 4.33. The number of piperazine rings is 1. The van der Waals surface area contributed by atoms with Crippen molar-refractivity contribution >= 4 is 39.7 Å². The average Bonchev–Trinajstić information content (AvgIpc) is 2.84. The number of nitrogens with zero attached hydrogens (tertiary/aromatic N) is 6. The maximum absolute atomic E-state index is 12.1. The molecule has 0 aliphatic carbocycles. The standard InChI is InChI=1S/C24H21ClN6O3/c1-16-8-9-17-4-2-7-20(21(17)28-16)34-24-22(31(32)33)23(26-15-27-24)30-12-10-29(11-13-30)19-6-3-5-18(25)14-19/h2-9,14-15H,10-13H2,1H3. The zero-order valence-corrected chi connectivity index (χ0v) is 19.1. The predicted octanol–water partition coefficient (Wildman–Crippen LogP) is 5.01. The number of fused-ring (bicyclic) bond motifs is 1. The first-order valence-electron chi connectivity index (χ1n) is 10.8. The predicted molar refractivity (Wildman–Crippen MR) is 131 cm³/mol. The first-order valence-corrected chi connectivity index (χ1v) is 11.2. The maximum Gasteiger partial charge on any atom is 0.373 e. The van der Waals surface area contributed by atoms with Crippen molar-refractivity contribution in [3.63, 3.8) is 0 Å². The molecule has 172 valence electrons. The van der Waals surface area contributed by atoms with Crippen LogP contribution in [-0.2, 0) is 0 Å². The Balaban J connectivity index is 1.43. The number of halogens is 1. The molecule has 1 saturated heterocycles. The third-order valence-corrected chi connectivity index (χ3v) is 5.97. The summed E-state index contributed by atoms with van der Waals surface area (Å²) in [5, 5.41) is 13.6. The Hall–Kier alpha value is -3.98. The maximum atomic E-state index is 12.1. The number of aryl methyl sites for hydroxylation is 1. The van der Waals surface area contributed by atoms with Gasteiger partial charge < -0.3 is 14.5 Å². The third-order valence-electron chi connectivity index (χ3n) is 5.73.